The van der Waals surface area contributed by atoms with Crippen molar-refractivity contribution in [2.24, 2.45) is 0 Å². The van der Waals surface area contributed by atoms with E-state index in [0.29, 0.717) is 18.8 Å². The first-order valence-electron chi connectivity index (χ1n) is 7.78. The fourth-order valence-corrected chi connectivity index (χ4v) is 3.17. The van der Waals surface area contributed by atoms with Crippen molar-refractivity contribution in [3.05, 3.63) is 18.0 Å². The van der Waals surface area contributed by atoms with Crippen LogP contribution in [0.4, 0.5) is 0 Å². The third-order valence-electron chi connectivity index (χ3n) is 4.37. The van der Waals surface area contributed by atoms with Gasteiger partial charge in [-0.2, -0.15) is 5.10 Å². The van der Waals surface area contributed by atoms with Gasteiger partial charge in [0, 0.05) is 6.20 Å². The number of rotatable bonds is 4. The van der Waals surface area contributed by atoms with Crippen molar-refractivity contribution in [2.75, 3.05) is 13.1 Å². The topological polar surface area (TPSA) is 39.1 Å². The summed E-state index contributed by atoms with van der Waals surface area (Å²) in [7, 11) is 0. The SMILES string of the molecule is c1cn(C2CCCCC2)nc1COC1CCNCC1. The van der Waals surface area contributed by atoms with Crippen LogP contribution in [0.25, 0.3) is 0 Å². The van der Waals surface area contributed by atoms with Gasteiger partial charge in [0.1, 0.15) is 0 Å². The Hall–Kier alpha value is -0.870. The second-order valence-corrected chi connectivity index (χ2v) is 5.84. The van der Waals surface area contributed by atoms with Gasteiger partial charge in [0.25, 0.3) is 0 Å². The Morgan fingerprint density at radius 3 is 2.74 bits per heavy atom. The van der Waals surface area contributed by atoms with Gasteiger partial charge in [0.2, 0.25) is 0 Å². The molecule has 1 aromatic heterocycles. The van der Waals surface area contributed by atoms with Crippen LogP contribution in [-0.4, -0.2) is 29.0 Å². The van der Waals surface area contributed by atoms with Crippen molar-refractivity contribution >= 4 is 0 Å². The molecular formula is C15H25N3O. The quantitative estimate of drug-likeness (QED) is 0.907. The maximum Gasteiger partial charge on any atom is 0.0910 e. The van der Waals surface area contributed by atoms with Gasteiger partial charge in [-0.3, -0.25) is 4.68 Å². The molecule has 1 saturated carbocycles. The van der Waals surface area contributed by atoms with Gasteiger partial charge in [0.15, 0.2) is 0 Å². The molecule has 1 aliphatic heterocycles. The summed E-state index contributed by atoms with van der Waals surface area (Å²) >= 11 is 0. The average Bonchev–Trinajstić information content (AvgIpc) is 2.96. The third-order valence-corrected chi connectivity index (χ3v) is 4.37. The van der Waals surface area contributed by atoms with Crippen molar-refractivity contribution < 1.29 is 4.74 Å². The van der Waals surface area contributed by atoms with E-state index in [0.717, 1.165) is 31.6 Å². The van der Waals surface area contributed by atoms with E-state index in [9.17, 15) is 0 Å². The molecule has 2 aliphatic rings. The minimum Gasteiger partial charge on any atom is -0.372 e. The van der Waals surface area contributed by atoms with Crippen molar-refractivity contribution in [3.63, 3.8) is 0 Å². The van der Waals surface area contributed by atoms with E-state index >= 15 is 0 Å². The summed E-state index contributed by atoms with van der Waals surface area (Å²) in [6.07, 6.45) is 11.5. The molecule has 0 amide bonds. The molecule has 0 unspecified atom stereocenters. The minimum atomic E-state index is 0.418. The van der Waals surface area contributed by atoms with E-state index in [1.807, 2.05) is 0 Å². The third kappa shape index (κ3) is 3.57. The minimum absolute atomic E-state index is 0.418. The molecule has 1 saturated heterocycles. The molecule has 0 bridgehead atoms. The van der Waals surface area contributed by atoms with Crippen LogP contribution in [0.3, 0.4) is 0 Å². The van der Waals surface area contributed by atoms with Gasteiger partial charge in [0.05, 0.1) is 24.4 Å². The van der Waals surface area contributed by atoms with E-state index in [1.165, 1.54) is 32.1 Å². The van der Waals surface area contributed by atoms with Gasteiger partial charge in [-0.25, -0.2) is 0 Å². The predicted octanol–water partition coefficient (Wildman–Crippen LogP) is 2.66. The molecule has 2 heterocycles. The van der Waals surface area contributed by atoms with Crippen LogP contribution in [-0.2, 0) is 11.3 Å². The summed E-state index contributed by atoms with van der Waals surface area (Å²) in [5, 5.41) is 8.05. The lowest BCUT2D eigenvalue weighted by Gasteiger charge is -2.23. The lowest BCUT2D eigenvalue weighted by atomic mass is 9.96. The van der Waals surface area contributed by atoms with Crippen LogP contribution in [0, 0.1) is 0 Å². The van der Waals surface area contributed by atoms with Gasteiger partial charge >= 0.3 is 0 Å². The lowest BCUT2D eigenvalue weighted by molar-refractivity contribution is 0.0192. The first-order valence-corrected chi connectivity index (χ1v) is 7.78. The number of nitrogens with one attached hydrogen (secondary N) is 1. The van der Waals surface area contributed by atoms with E-state index in [-0.39, 0.29) is 0 Å². The summed E-state index contributed by atoms with van der Waals surface area (Å²) in [4.78, 5) is 0. The number of piperidine rings is 1. The maximum absolute atomic E-state index is 5.95. The van der Waals surface area contributed by atoms with Crippen LogP contribution in [0.1, 0.15) is 56.7 Å². The molecule has 19 heavy (non-hydrogen) atoms. The highest BCUT2D eigenvalue weighted by molar-refractivity contribution is 4.98. The zero-order chi connectivity index (χ0) is 12.9. The molecule has 0 aromatic carbocycles. The standard InChI is InChI=1S/C15H25N3O/c1-2-4-14(5-3-1)18-11-8-13(17-18)12-19-15-6-9-16-10-7-15/h8,11,14-16H,1-7,9-10,12H2. The number of ether oxygens (including phenoxy) is 1. The first kappa shape index (κ1) is 13.1. The summed E-state index contributed by atoms with van der Waals surface area (Å²) in [5.74, 6) is 0. The lowest BCUT2D eigenvalue weighted by Crippen LogP contribution is -2.32. The van der Waals surface area contributed by atoms with Crippen LogP contribution >= 0.6 is 0 Å². The highest BCUT2D eigenvalue weighted by Gasteiger charge is 2.17. The molecule has 3 rings (SSSR count). The maximum atomic E-state index is 5.95. The predicted molar refractivity (Wildman–Crippen MR) is 75.0 cm³/mol. The first-order chi connectivity index (χ1) is 9.42. The second-order valence-electron chi connectivity index (χ2n) is 5.84. The molecule has 4 heteroatoms. The Bertz CT molecular complexity index is 378. The van der Waals surface area contributed by atoms with Gasteiger partial charge in [-0.1, -0.05) is 19.3 Å². The molecule has 1 N–H and O–H groups in total. The Morgan fingerprint density at radius 2 is 1.95 bits per heavy atom. The van der Waals surface area contributed by atoms with Crippen LogP contribution in [0.15, 0.2) is 12.3 Å². The van der Waals surface area contributed by atoms with Crippen LogP contribution < -0.4 is 5.32 Å². The van der Waals surface area contributed by atoms with E-state index in [4.69, 9.17) is 9.84 Å². The molecule has 1 aliphatic carbocycles. The second kappa shape index (κ2) is 6.53. The monoisotopic (exact) mass is 263 g/mol. The molecule has 0 atom stereocenters. The highest BCUT2D eigenvalue weighted by Crippen LogP contribution is 2.27. The van der Waals surface area contributed by atoms with E-state index < -0.39 is 0 Å². The summed E-state index contributed by atoms with van der Waals surface area (Å²) in [6, 6.07) is 2.75. The van der Waals surface area contributed by atoms with Crippen molar-refractivity contribution in [1.29, 1.82) is 0 Å². The van der Waals surface area contributed by atoms with Crippen molar-refractivity contribution in [2.45, 2.75) is 63.7 Å². The molecule has 2 fully saturated rings. The molecular weight excluding hydrogens is 238 g/mol. The summed E-state index contributed by atoms with van der Waals surface area (Å²) in [5.41, 5.74) is 1.09. The normalized spacial score (nSPS) is 22.7. The van der Waals surface area contributed by atoms with Crippen LogP contribution in [0.5, 0.6) is 0 Å². The highest BCUT2D eigenvalue weighted by atomic mass is 16.5. The number of hydrogen-bond donors (Lipinski definition) is 1. The Morgan fingerprint density at radius 1 is 1.16 bits per heavy atom. The molecule has 106 valence electrons. The van der Waals surface area contributed by atoms with Gasteiger partial charge < -0.3 is 10.1 Å². The molecule has 1 aromatic rings. The van der Waals surface area contributed by atoms with Gasteiger partial charge in [-0.05, 0) is 44.8 Å². The summed E-state index contributed by atoms with van der Waals surface area (Å²) in [6.45, 7) is 2.84. The zero-order valence-electron chi connectivity index (χ0n) is 11.7. The molecule has 0 radical (unpaired) electrons. The zero-order valence-corrected chi connectivity index (χ0v) is 11.7. The summed E-state index contributed by atoms with van der Waals surface area (Å²) < 4.78 is 8.12. The Balaban J connectivity index is 1.49. The van der Waals surface area contributed by atoms with Crippen molar-refractivity contribution in [3.8, 4) is 0 Å². The van der Waals surface area contributed by atoms with Gasteiger partial charge in [-0.15, -0.1) is 0 Å². The van der Waals surface area contributed by atoms with E-state index in [1.54, 1.807) is 0 Å². The fourth-order valence-electron chi connectivity index (χ4n) is 3.17. The van der Waals surface area contributed by atoms with E-state index in [2.05, 4.69) is 22.3 Å². The smallest absolute Gasteiger partial charge is 0.0910 e. The Kier molecular flexibility index (Phi) is 4.51. The molecule has 4 nitrogen and oxygen atoms in total. The largest absolute Gasteiger partial charge is 0.372 e. The number of aromatic nitrogens is 2. The average molecular weight is 263 g/mol. The molecule has 0 spiro atoms. The Labute approximate surface area is 115 Å². The van der Waals surface area contributed by atoms with Crippen molar-refractivity contribution in [1.82, 2.24) is 15.1 Å². The number of hydrogen-bond acceptors (Lipinski definition) is 3. The fraction of sp³-hybridized carbons (Fsp3) is 0.800. The van der Waals surface area contributed by atoms with Crippen LogP contribution in [0.2, 0.25) is 0 Å². The number of nitrogens with zero attached hydrogens (tertiary/aromatic N) is 2.